The summed E-state index contributed by atoms with van der Waals surface area (Å²) in [6.07, 6.45) is 5.38. The average Bonchev–Trinajstić information content (AvgIpc) is 2.92. The highest BCUT2D eigenvalue weighted by Crippen LogP contribution is 2.30. The Morgan fingerprint density at radius 3 is 2.87 bits per heavy atom. The van der Waals surface area contributed by atoms with Crippen molar-refractivity contribution in [1.82, 2.24) is 10.2 Å². The van der Waals surface area contributed by atoms with Crippen molar-refractivity contribution in [3.8, 4) is 11.5 Å². The number of carbonyl (C=O) groups is 1. The number of amides is 1. The largest absolute Gasteiger partial charge is 0.490 e. The van der Waals surface area contributed by atoms with E-state index < -0.39 is 0 Å². The van der Waals surface area contributed by atoms with E-state index in [4.69, 9.17) is 9.47 Å². The Morgan fingerprint density at radius 2 is 2.00 bits per heavy atom. The third-order valence-corrected chi connectivity index (χ3v) is 4.60. The van der Waals surface area contributed by atoms with Crippen LogP contribution in [0.15, 0.2) is 18.2 Å². The molecule has 1 amide bonds. The molecule has 1 aromatic carbocycles. The Kier molecular flexibility index (Phi) is 5.39. The van der Waals surface area contributed by atoms with Gasteiger partial charge in [-0.05, 0) is 44.1 Å². The van der Waals surface area contributed by atoms with Crippen molar-refractivity contribution in [2.75, 3.05) is 26.8 Å². The summed E-state index contributed by atoms with van der Waals surface area (Å²) in [5.74, 6) is 1.70. The summed E-state index contributed by atoms with van der Waals surface area (Å²) < 4.78 is 11.3. The fraction of sp³-hybridized carbons (Fsp3) is 0.611. The van der Waals surface area contributed by atoms with Gasteiger partial charge in [0, 0.05) is 13.0 Å². The van der Waals surface area contributed by atoms with E-state index >= 15 is 0 Å². The van der Waals surface area contributed by atoms with Crippen molar-refractivity contribution in [2.45, 2.75) is 44.7 Å². The molecular formula is C18H26N2O3. The number of benzene rings is 1. The summed E-state index contributed by atoms with van der Waals surface area (Å²) in [6.45, 7) is 2.90. The maximum Gasteiger partial charge on any atom is 0.237 e. The fourth-order valence-electron chi connectivity index (χ4n) is 3.21. The predicted octanol–water partition coefficient (Wildman–Crippen LogP) is 2.34. The lowest BCUT2D eigenvalue weighted by atomic mass is 10.1. The number of nitrogens with zero attached hydrogens (tertiary/aromatic N) is 1. The minimum Gasteiger partial charge on any atom is -0.490 e. The number of hydrogen-bond acceptors (Lipinski definition) is 4. The molecule has 0 spiro atoms. The Bertz CT molecular complexity index is 547. The van der Waals surface area contributed by atoms with Crippen molar-refractivity contribution in [3.63, 3.8) is 0 Å². The average molecular weight is 318 g/mol. The Labute approximate surface area is 137 Å². The minimum absolute atomic E-state index is 0.00193. The molecule has 1 fully saturated rings. The van der Waals surface area contributed by atoms with Gasteiger partial charge in [0.1, 0.15) is 0 Å². The number of ether oxygens (including phenoxy) is 2. The molecule has 0 unspecified atom stereocenters. The van der Waals surface area contributed by atoms with E-state index in [1.54, 1.807) is 0 Å². The van der Waals surface area contributed by atoms with Crippen LogP contribution >= 0.6 is 0 Å². The van der Waals surface area contributed by atoms with Gasteiger partial charge in [-0.15, -0.1) is 0 Å². The Morgan fingerprint density at radius 1 is 1.17 bits per heavy atom. The molecule has 23 heavy (non-hydrogen) atoms. The van der Waals surface area contributed by atoms with Gasteiger partial charge in [-0.3, -0.25) is 9.69 Å². The predicted molar refractivity (Wildman–Crippen MR) is 88.8 cm³/mol. The first-order valence-electron chi connectivity index (χ1n) is 8.60. The number of likely N-dealkylation sites (N-methyl/N-ethyl adjacent to an activating group) is 1. The lowest BCUT2D eigenvalue weighted by Gasteiger charge is -2.24. The van der Waals surface area contributed by atoms with Crippen LogP contribution in [0.4, 0.5) is 0 Å². The molecule has 0 bridgehead atoms. The molecule has 1 N–H and O–H groups in total. The number of hydrogen-bond donors (Lipinski definition) is 1. The molecule has 2 aliphatic heterocycles. The van der Waals surface area contributed by atoms with E-state index in [0.717, 1.165) is 42.9 Å². The third kappa shape index (κ3) is 4.16. The quantitative estimate of drug-likeness (QED) is 0.929. The summed E-state index contributed by atoms with van der Waals surface area (Å²) in [6, 6.07) is 5.89. The summed E-state index contributed by atoms with van der Waals surface area (Å²) in [4.78, 5) is 14.6. The van der Waals surface area contributed by atoms with Crippen LogP contribution in [-0.4, -0.2) is 43.7 Å². The molecule has 5 nitrogen and oxygen atoms in total. The Hall–Kier alpha value is -1.75. The molecule has 0 aromatic heterocycles. The molecule has 0 aliphatic carbocycles. The molecule has 1 aromatic rings. The molecule has 1 saturated heterocycles. The number of nitrogens with one attached hydrogen (secondary N) is 1. The summed E-state index contributed by atoms with van der Waals surface area (Å²) in [5.41, 5.74) is 1.04. The molecule has 0 radical (unpaired) electrons. The normalized spacial score (nSPS) is 22.0. The topological polar surface area (TPSA) is 50.8 Å². The van der Waals surface area contributed by atoms with Crippen molar-refractivity contribution < 1.29 is 14.3 Å². The minimum atomic E-state index is -0.00193. The zero-order valence-corrected chi connectivity index (χ0v) is 13.8. The summed E-state index contributed by atoms with van der Waals surface area (Å²) in [7, 11) is 2.04. The van der Waals surface area contributed by atoms with Crippen molar-refractivity contribution in [1.29, 1.82) is 0 Å². The fourth-order valence-corrected chi connectivity index (χ4v) is 3.21. The second-order valence-electron chi connectivity index (χ2n) is 6.40. The van der Waals surface area contributed by atoms with Gasteiger partial charge >= 0.3 is 0 Å². The first-order valence-corrected chi connectivity index (χ1v) is 8.60. The number of carbonyl (C=O) groups excluding carboxylic acids is 1. The molecule has 1 atom stereocenters. The second kappa shape index (κ2) is 7.68. The van der Waals surface area contributed by atoms with Gasteiger partial charge < -0.3 is 14.8 Å². The van der Waals surface area contributed by atoms with Crippen LogP contribution < -0.4 is 14.8 Å². The first kappa shape index (κ1) is 16.1. The summed E-state index contributed by atoms with van der Waals surface area (Å²) in [5, 5.41) is 3.07. The van der Waals surface area contributed by atoms with Gasteiger partial charge in [0.2, 0.25) is 5.91 Å². The van der Waals surface area contributed by atoms with Crippen LogP contribution in [0.25, 0.3) is 0 Å². The SMILES string of the molecule is CN1CCCCC[C@@H]1C(=O)NCc1ccc2c(c1)OCCCO2. The van der Waals surface area contributed by atoms with Gasteiger partial charge in [0.15, 0.2) is 11.5 Å². The molecule has 5 heteroatoms. The van der Waals surface area contributed by atoms with Crippen LogP contribution in [0.1, 0.15) is 37.7 Å². The van der Waals surface area contributed by atoms with Gasteiger partial charge in [-0.1, -0.05) is 18.9 Å². The summed E-state index contributed by atoms with van der Waals surface area (Å²) >= 11 is 0. The number of rotatable bonds is 3. The van der Waals surface area contributed by atoms with Gasteiger partial charge in [-0.2, -0.15) is 0 Å². The number of fused-ring (bicyclic) bond motifs is 1. The molecule has 2 heterocycles. The standard InChI is InChI=1S/C18H26N2O3/c1-20-9-4-2-3-6-15(20)18(21)19-13-14-7-8-16-17(12-14)23-11-5-10-22-16/h7-8,12,15H,2-6,9-11,13H2,1H3,(H,19,21)/t15-/m1/s1. The highest BCUT2D eigenvalue weighted by Gasteiger charge is 2.24. The highest BCUT2D eigenvalue weighted by molar-refractivity contribution is 5.81. The molecule has 2 aliphatic rings. The van der Waals surface area contributed by atoms with Crippen LogP contribution in [0.2, 0.25) is 0 Å². The zero-order chi connectivity index (χ0) is 16.1. The monoisotopic (exact) mass is 318 g/mol. The molecular weight excluding hydrogens is 292 g/mol. The van der Waals surface area contributed by atoms with Crippen LogP contribution in [0.5, 0.6) is 11.5 Å². The van der Waals surface area contributed by atoms with Crippen molar-refractivity contribution in [3.05, 3.63) is 23.8 Å². The van der Waals surface area contributed by atoms with Crippen LogP contribution in [-0.2, 0) is 11.3 Å². The molecule has 126 valence electrons. The first-order chi connectivity index (χ1) is 11.2. The maximum atomic E-state index is 12.5. The van der Waals surface area contributed by atoms with Gasteiger partial charge in [-0.25, -0.2) is 0 Å². The maximum absolute atomic E-state index is 12.5. The molecule has 3 rings (SSSR count). The second-order valence-corrected chi connectivity index (χ2v) is 6.40. The highest BCUT2D eigenvalue weighted by atomic mass is 16.5. The van der Waals surface area contributed by atoms with Crippen LogP contribution in [0, 0.1) is 0 Å². The van der Waals surface area contributed by atoms with E-state index in [1.807, 2.05) is 25.2 Å². The van der Waals surface area contributed by atoms with Gasteiger partial charge in [0.05, 0.1) is 19.3 Å². The van der Waals surface area contributed by atoms with Crippen LogP contribution in [0.3, 0.4) is 0 Å². The Balaban J connectivity index is 1.59. The van der Waals surface area contributed by atoms with E-state index in [1.165, 1.54) is 12.8 Å². The van der Waals surface area contributed by atoms with E-state index in [-0.39, 0.29) is 11.9 Å². The third-order valence-electron chi connectivity index (χ3n) is 4.60. The smallest absolute Gasteiger partial charge is 0.237 e. The van der Waals surface area contributed by atoms with Crippen molar-refractivity contribution >= 4 is 5.91 Å². The van der Waals surface area contributed by atoms with Gasteiger partial charge in [0.25, 0.3) is 0 Å². The lowest BCUT2D eigenvalue weighted by Crippen LogP contribution is -2.44. The van der Waals surface area contributed by atoms with E-state index in [0.29, 0.717) is 19.8 Å². The molecule has 0 saturated carbocycles. The van der Waals surface area contributed by atoms with Crippen molar-refractivity contribution in [2.24, 2.45) is 0 Å². The number of likely N-dealkylation sites (tertiary alicyclic amines) is 1. The lowest BCUT2D eigenvalue weighted by molar-refractivity contribution is -0.126. The van der Waals surface area contributed by atoms with E-state index in [2.05, 4.69) is 10.2 Å². The zero-order valence-electron chi connectivity index (χ0n) is 13.8. The van der Waals surface area contributed by atoms with E-state index in [9.17, 15) is 4.79 Å².